The lowest BCUT2D eigenvalue weighted by Gasteiger charge is -2.24. The first-order chi connectivity index (χ1) is 8.88. The van der Waals surface area contributed by atoms with E-state index in [2.05, 4.69) is 47.0 Å². The molecule has 2 N–H and O–H groups in total. The number of hydrogen-bond acceptors (Lipinski definition) is 2. The highest BCUT2D eigenvalue weighted by Gasteiger charge is 2.23. The van der Waals surface area contributed by atoms with Gasteiger partial charge in [0.2, 0.25) is 0 Å². The molecule has 1 aromatic carbocycles. The summed E-state index contributed by atoms with van der Waals surface area (Å²) in [6.07, 6.45) is 2.74. The number of aromatic nitrogens is 2. The largest absolute Gasteiger partial charge is 0.321 e. The SMILES string of the molecule is CC(C)n1ccc(CC(C)(N)c2cccc(Br)c2)n1. The molecule has 0 aliphatic heterocycles. The second-order valence-electron chi connectivity index (χ2n) is 5.49. The molecule has 1 unspecified atom stereocenters. The highest BCUT2D eigenvalue weighted by molar-refractivity contribution is 9.10. The van der Waals surface area contributed by atoms with Crippen molar-refractivity contribution >= 4 is 15.9 Å². The van der Waals surface area contributed by atoms with Crippen LogP contribution in [-0.4, -0.2) is 9.78 Å². The van der Waals surface area contributed by atoms with E-state index in [9.17, 15) is 0 Å². The van der Waals surface area contributed by atoms with Crippen LogP contribution in [0.4, 0.5) is 0 Å². The molecule has 19 heavy (non-hydrogen) atoms. The van der Waals surface area contributed by atoms with Crippen LogP contribution in [0.1, 0.15) is 38.1 Å². The molecule has 0 fully saturated rings. The summed E-state index contributed by atoms with van der Waals surface area (Å²) >= 11 is 3.49. The maximum Gasteiger partial charge on any atom is 0.0646 e. The average molecular weight is 322 g/mol. The zero-order chi connectivity index (χ0) is 14.0. The number of benzene rings is 1. The molecule has 1 aromatic heterocycles. The van der Waals surface area contributed by atoms with Crippen molar-refractivity contribution in [1.82, 2.24) is 9.78 Å². The summed E-state index contributed by atoms with van der Waals surface area (Å²) in [5.41, 5.74) is 8.18. The predicted octanol–water partition coefficient (Wildman–Crippen LogP) is 3.64. The van der Waals surface area contributed by atoms with Crippen LogP contribution in [0.5, 0.6) is 0 Å². The fraction of sp³-hybridized carbons (Fsp3) is 0.400. The first kappa shape index (κ1) is 14.3. The second-order valence-corrected chi connectivity index (χ2v) is 6.40. The van der Waals surface area contributed by atoms with Crippen molar-refractivity contribution in [2.45, 2.75) is 38.8 Å². The van der Waals surface area contributed by atoms with E-state index in [-0.39, 0.29) is 0 Å². The number of nitrogens with two attached hydrogens (primary N) is 1. The summed E-state index contributed by atoms with van der Waals surface area (Å²) in [5, 5.41) is 4.57. The van der Waals surface area contributed by atoms with Crippen LogP contribution in [-0.2, 0) is 12.0 Å². The molecule has 0 bridgehead atoms. The van der Waals surface area contributed by atoms with Crippen LogP contribution in [0.25, 0.3) is 0 Å². The molecule has 0 saturated heterocycles. The van der Waals surface area contributed by atoms with Crippen molar-refractivity contribution in [3.63, 3.8) is 0 Å². The van der Waals surface area contributed by atoms with Gasteiger partial charge in [-0.05, 0) is 44.5 Å². The van der Waals surface area contributed by atoms with Crippen molar-refractivity contribution < 1.29 is 0 Å². The van der Waals surface area contributed by atoms with Gasteiger partial charge < -0.3 is 5.73 Å². The number of nitrogens with zero attached hydrogens (tertiary/aromatic N) is 2. The lowest BCUT2D eigenvalue weighted by molar-refractivity contribution is 0.469. The number of rotatable bonds is 4. The summed E-state index contributed by atoms with van der Waals surface area (Å²) in [5.74, 6) is 0. The van der Waals surface area contributed by atoms with Crippen LogP contribution in [0.15, 0.2) is 41.0 Å². The normalized spacial score (nSPS) is 14.6. The Bertz CT molecular complexity index is 558. The molecule has 0 saturated carbocycles. The van der Waals surface area contributed by atoms with Gasteiger partial charge in [-0.15, -0.1) is 0 Å². The van der Waals surface area contributed by atoms with Crippen molar-refractivity contribution in [2.24, 2.45) is 5.73 Å². The third-order valence-corrected chi connectivity index (χ3v) is 3.72. The minimum Gasteiger partial charge on any atom is -0.321 e. The molecule has 1 heterocycles. The topological polar surface area (TPSA) is 43.8 Å². The Balaban J connectivity index is 2.20. The third kappa shape index (κ3) is 3.45. The van der Waals surface area contributed by atoms with Gasteiger partial charge in [-0.2, -0.15) is 5.10 Å². The quantitative estimate of drug-likeness (QED) is 0.934. The minimum atomic E-state index is -0.417. The van der Waals surface area contributed by atoms with Gasteiger partial charge in [0, 0.05) is 28.7 Å². The van der Waals surface area contributed by atoms with Crippen molar-refractivity contribution in [3.05, 3.63) is 52.3 Å². The van der Waals surface area contributed by atoms with Gasteiger partial charge in [-0.1, -0.05) is 28.1 Å². The molecule has 0 aliphatic carbocycles. The Kier molecular flexibility index (Phi) is 4.11. The van der Waals surface area contributed by atoms with Crippen LogP contribution in [0.2, 0.25) is 0 Å². The van der Waals surface area contributed by atoms with Gasteiger partial charge in [0.25, 0.3) is 0 Å². The Morgan fingerprint density at radius 3 is 2.68 bits per heavy atom. The molecule has 0 radical (unpaired) electrons. The summed E-state index contributed by atoms with van der Waals surface area (Å²) < 4.78 is 3.01. The van der Waals surface area contributed by atoms with E-state index in [0.717, 1.165) is 22.2 Å². The van der Waals surface area contributed by atoms with E-state index in [1.54, 1.807) is 0 Å². The molecule has 0 aliphatic rings. The first-order valence-electron chi connectivity index (χ1n) is 6.47. The van der Waals surface area contributed by atoms with Crippen LogP contribution in [0, 0.1) is 0 Å². The molecule has 2 aromatic rings. The molecule has 3 nitrogen and oxygen atoms in total. The highest BCUT2D eigenvalue weighted by atomic mass is 79.9. The van der Waals surface area contributed by atoms with Gasteiger partial charge in [0.05, 0.1) is 5.69 Å². The Labute approximate surface area is 122 Å². The zero-order valence-corrected chi connectivity index (χ0v) is 13.2. The lowest BCUT2D eigenvalue weighted by Crippen LogP contribution is -2.35. The molecular formula is C15H20BrN3. The monoisotopic (exact) mass is 321 g/mol. The minimum absolute atomic E-state index is 0.378. The molecule has 4 heteroatoms. The van der Waals surface area contributed by atoms with Gasteiger partial charge in [-0.25, -0.2) is 0 Å². The van der Waals surface area contributed by atoms with Gasteiger partial charge >= 0.3 is 0 Å². The molecule has 0 amide bonds. The summed E-state index contributed by atoms with van der Waals surface area (Å²) in [6, 6.07) is 10.6. The zero-order valence-electron chi connectivity index (χ0n) is 11.6. The van der Waals surface area contributed by atoms with E-state index in [1.807, 2.05) is 36.0 Å². The lowest BCUT2D eigenvalue weighted by atomic mass is 9.88. The molecular weight excluding hydrogens is 302 g/mol. The Hall–Kier alpha value is -1.13. The molecule has 102 valence electrons. The van der Waals surface area contributed by atoms with Crippen molar-refractivity contribution in [3.8, 4) is 0 Å². The fourth-order valence-corrected chi connectivity index (χ4v) is 2.48. The Morgan fingerprint density at radius 2 is 2.11 bits per heavy atom. The second kappa shape index (κ2) is 5.47. The Morgan fingerprint density at radius 1 is 1.37 bits per heavy atom. The van der Waals surface area contributed by atoms with Gasteiger partial charge in [0.1, 0.15) is 0 Å². The summed E-state index contributed by atoms with van der Waals surface area (Å²) in [7, 11) is 0. The number of halogens is 1. The fourth-order valence-electron chi connectivity index (χ4n) is 2.08. The van der Waals surface area contributed by atoms with Gasteiger partial charge in [0.15, 0.2) is 0 Å². The average Bonchev–Trinajstić information content (AvgIpc) is 2.77. The standard InChI is InChI=1S/C15H20BrN3/c1-11(2)19-8-7-14(18-19)10-15(3,17)12-5-4-6-13(16)9-12/h4-9,11H,10,17H2,1-3H3. The van der Waals surface area contributed by atoms with E-state index in [4.69, 9.17) is 5.73 Å². The maximum absolute atomic E-state index is 6.45. The van der Waals surface area contributed by atoms with Crippen LogP contribution < -0.4 is 5.73 Å². The summed E-state index contributed by atoms with van der Waals surface area (Å²) in [6.45, 7) is 6.28. The smallest absolute Gasteiger partial charge is 0.0646 e. The van der Waals surface area contributed by atoms with Crippen molar-refractivity contribution in [2.75, 3.05) is 0 Å². The first-order valence-corrected chi connectivity index (χ1v) is 7.27. The summed E-state index contributed by atoms with van der Waals surface area (Å²) in [4.78, 5) is 0. The predicted molar refractivity (Wildman–Crippen MR) is 82.0 cm³/mol. The van der Waals surface area contributed by atoms with Crippen LogP contribution in [0.3, 0.4) is 0 Å². The van der Waals surface area contributed by atoms with E-state index < -0.39 is 5.54 Å². The van der Waals surface area contributed by atoms with E-state index in [1.165, 1.54) is 0 Å². The molecule has 2 rings (SSSR count). The van der Waals surface area contributed by atoms with Gasteiger partial charge in [-0.3, -0.25) is 4.68 Å². The van der Waals surface area contributed by atoms with E-state index in [0.29, 0.717) is 6.04 Å². The third-order valence-electron chi connectivity index (χ3n) is 3.23. The maximum atomic E-state index is 6.45. The molecule has 0 spiro atoms. The number of hydrogen-bond donors (Lipinski definition) is 1. The van der Waals surface area contributed by atoms with E-state index >= 15 is 0 Å². The van der Waals surface area contributed by atoms with Crippen molar-refractivity contribution in [1.29, 1.82) is 0 Å². The van der Waals surface area contributed by atoms with Crippen LogP contribution >= 0.6 is 15.9 Å². The molecule has 1 atom stereocenters. The highest BCUT2D eigenvalue weighted by Crippen LogP contribution is 2.25.